The molecule has 1 atom stereocenters. The number of benzene rings is 2. The molecule has 0 saturated carbocycles. The van der Waals surface area contributed by atoms with E-state index in [0.717, 1.165) is 13.0 Å². The highest BCUT2D eigenvalue weighted by Crippen LogP contribution is 2.30. The Morgan fingerprint density at radius 2 is 2.07 bits per heavy atom. The first-order valence-corrected chi connectivity index (χ1v) is 9.90. The quantitative estimate of drug-likeness (QED) is 0.800. The van der Waals surface area contributed by atoms with Crippen LogP contribution >= 0.6 is 11.6 Å². The third kappa shape index (κ3) is 4.42. The van der Waals surface area contributed by atoms with Crippen molar-refractivity contribution in [1.29, 1.82) is 0 Å². The highest BCUT2D eigenvalue weighted by Gasteiger charge is 2.21. The number of fused-ring (bicyclic) bond motifs is 1. The lowest BCUT2D eigenvalue weighted by molar-refractivity contribution is 0.0939. The lowest BCUT2D eigenvalue weighted by atomic mass is 9.96. The summed E-state index contributed by atoms with van der Waals surface area (Å²) in [6.07, 6.45) is 2.27. The van der Waals surface area contributed by atoms with Gasteiger partial charge in [0.1, 0.15) is 5.75 Å². The highest BCUT2D eigenvalue weighted by atomic mass is 35.5. The van der Waals surface area contributed by atoms with Crippen molar-refractivity contribution in [3.63, 3.8) is 0 Å². The zero-order valence-corrected chi connectivity index (χ0v) is 17.7. The molecule has 1 aliphatic heterocycles. The molecule has 28 heavy (non-hydrogen) atoms. The Morgan fingerprint density at radius 1 is 1.29 bits per heavy atom. The van der Waals surface area contributed by atoms with Crippen LogP contribution in [0.25, 0.3) is 0 Å². The molecular weight excluding hydrogens is 374 g/mol. The first-order chi connectivity index (χ1) is 13.4. The first-order valence-electron chi connectivity index (χ1n) is 9.53. The van der Waals surface area contributed by atoms with Crippen LogP contribution in [0.2, 0.25) is 5.02 Å². The van der Waals surface area contributed by atoms with Crippen LogP contribution in [0.4, 0.5) is 5.69 Å². The van der Waals surface area contributed by atoms with Crippen molar-refractivity contribution >= 4 is 23.2 Å². The minimum atomic E-state index is -0.191. The fraction of sp³-hybridized carbons (Fsp3) is 0.409. The number of nitrogens with zero attached hydrogens (tertiary/aromatic N) is 2. The molecule has 0 radical (unpaired) electrons. The van der Waals surface area contributed by atoms with E-state index in [1.54, 1.807) is 25.3 Å². The van der Waals surface area contributed by atoms with Gasteiger partial charge in [-0.25, -0.2) is 0 Å². The molecule has 150 valence electrons. The molecule has 0 aliphatic carbocycles. The molecule has 1 amide bonds. The molecular formula is C22H28ClN3O2. The van der Waals surface area contributed by atoms with Gasteiger partial charge in [-0.15, -0.1) is 0 Å². The van der Waals surface area contributed by atoms with Crippen molar-refractivity contribution < 1.29 is 9.53 Å². The smallest absolute Gasteiger partial charge is 0.255 e. The average molecular weight is 402 g/mol. The van der Waals surface area contributed by atoms with Crippen LogP contribution in [0.5, 0.6) is 5.75 Å². The van der Waals surface area contributed by atoms with E-state index in [0.29, 0.717) is 22.9 Å². The summed E-state index contributed by atoms with van der Waals surface area (Å²) in [6, 6.07) is 11.8. The number of ether oxygens (including phenoxy) is 1. The van der Waals surface area contributed by atoms with Crippen LogP contribution in [0, 0.1) is 0 Å². The number of rotatable bonds is 6. The largest absolute Gasteiger partial charge is 0.496 e. The van der Waals surface area contributed by atoms with Crippen molar-refractivity contribution in [3.8, 4) is 5.75 Å². The van der Waals surface area contributed by atoms with Gasteiger partial charge >= 0.3 is 0 Å². The molecule has 1 aliphatic rings. The number of methoxy groups -OCH3 is 1. The van der Waals surface area contributed by atoms with Gasteiger partial charge in [-0.3, -0.25) is 4.79 Å². The molecule has 1 N–H and O–H groups in total. The van der Waals surface area contributed by atoms with E-state index in [2.05, 4.69) is 40.4 Å². The topological polar surface area (TPSA) is 44.8 Å². The predicted molar refractivity (Wildman–Crippen MR) is 115 cm³/mol. The van der Waals surface area contributed by atoms with Crippen molar-refractivity contribution in [3.05, 3.63) is 58.1 Å². The summed E-state index contributed by atoms with van der Waals surface area (Å²) < 4.78 is 5.30. The van der Waals surface area contributed by atoms with E-state index in [4.69, 9.17) is 16.3 Å². The number of hydrogen-bond donors (Lipinski definition) is 1. The minimum Gasteiger partial charge on any atom is -0.496 e. The van der Waals surface area contributed by atoms with Crippen molar-refractivity contribution in [1.82, 2.24) is 10.2 Å². The van der Waals surface area contributed by atoms with E-state index < -0.39 is 0 Å². The van der Waals surface area contributed by atoms with Gasteiger partial charge in [-0.05, 0) is 62.3 Å². The molecule has 1 unspecified atom stereocenters. The first kappa shape index (κ1) is 20.5. The van der Waals surface area contributed by atoms with Crippen LogP contribution in [0.1, 0.15) is 33.9 Å². The van der Waals surface area contributed by atoms with Crippen LogP contribution < -0.4 is 15.0 Å². The van der Waals surface area contributed by atoms with E-state index in [1.165, 1.54) is 23.2 Å². The van der Waals surface area contributed by atoms with Gasteiger partial charge in [-0.2, -0.15) is 0 Å². The number of anilines is 1. The molecule has 6 heteroatoms. The second-order valence-electron chi connectivity index (χ2n) is 7.45. The Morgan fingerprint density at radius 3 is 2.79 bits per heavy atom. The van der Waals surface area contributed by atoms with Crippen LogP contribution in [-0.2, 0) is 6.42 Å². The molecule has 1 heterocycles. The maximum absolute atomic E-state index is 12.7. The summed E-state index contributed by atoms with van der Waals surface area (Å²) in [7, 11) is 7.75. The summed E-state index contributed by atoms with van der Waals surface area (Å²) in [5.74, 6) is 0.323. The van der Waals surface area contributed by atoms with Crippen molar-refractivity contribution in [2.75, 3.05) is 46.2 Å². The Labute approximate surface area is 172 Å². The molecule has 0 bridgehead atoms. The molecule has 5 nitrogen and oxygen atoms in total. The van der Waals surface area contributed by atoms with E-state index >= 15 is 0 Å². The average Bonchev–Trinajstić information content (AvgIpc) is 2.67. The number of hydrogen-bond acceptors (Lipinski definition) is 4. The SMILES string of the molecule is COc1ccc(Cl)cc1C(=O)NCC(c1ccc2c(c1)CCCN2C)N(C)C. The monoisotopic (exact) mass is 401 g/mol. The lowest BCUT2D eigenvalue weighted by Gasteiger charge is -2.30. The lowest BCUT2D eigenvalue weighted by Crippen LogP contribution is -2.35. The van der Waals surface area contributed by atoms with Gasteiger partial charge in [0.05, 0.1) is 18.7 Å². The molecule has 0 aromatic heterocycles. The van der Waals surface area contributed by atoms with Gasteiger partial charge in [-0.1, -0.05) is 23.7 Å². The maximum Gasteiger partial charge on any atom is 0.255 e. The maximum atomic E-state index is 12.7. The Balaban J connectivity index is 1.77. The van der Waals surface area contributed by atoms with Gasteiger partial charge < -0.3 is 19.9 Å². The van der Waals surface area contributed by atoms with Gasteiger partial charge in [0, 0.05) is 30.8 Å². The van der Waals surface area contributed by atoms with Crippen molar-refractivity contribution in [2.45, 2.75) is 18.9 Å². The van der Waals surface area contributed by atoms with E-state index in [1.807, 2.05) is 14.1 Å². The summed E-state index contributed by atoms with van der Waals surface area (Å²) in [5, 5.41) is 3.55. The van der Waals surface area contributed by atoms with Crippen LogP contribution in [0.3, 0.4) is 0 Å². The number of aryl methyl sites for hydroxylation is 1. The summed E-state index contributed by atoms with van der Waals surface area (Å²) in [6.45, 7) is 1.59. The molecule has 0 fully saturated rings. The molecule has 0 saturated heterocycles. The van der Waals surface area contributed by atoms with E-state index in [9.17, 15) is 4.79 Å². The minimum absolute atomic E-state index is 0.0756. The fourth-order valence-electron chi connectivity index (χ4n) is 3.75. The third-order valence-corrected chi connectivity index (χ3v) is 5.56. The molecule has 2 aromatic carbocycles. The fourth-order valence-corrected chi connectivity index (χ4v) is 3.93. The van der Waals surface area contributed by atoms with Gasteiger partial charge in [0.2, 0.25) is 0 Å². The molecule has 0 spiro atoms. The summed E-state index contributed by atoms with van der Waals surface area (Å²) in [5.41, 5.74) is 4.33. The zero-order chi connectivity index (χ0) is 20.3. The predicted octanol–water partition coefficient (Wildman–Crippen LogP) is 3.76. The van der Waals surface area contributed by atoms with Crippen LogP contribution in [-0.4, -0.2) is 52.1 Å². The molecule has 2 aromatic rings. The Hall–Kier alpha value is -2.24. The Kier molecular flexibility index (Phi) is 6.47. The summed E-state index contributed by atoms with van der Waals surface area (Å²) >= 11 is 6.06. The van der Waals surface area contributed by atoms with E-state index in [-0.39, 0.29) is 11.9 Å². The normalized spacial score (nSPS) is 14.6. The number of carbonyl (C=O) groups excluding carboxylic acids is 1. The van der Waals surface area contributed by atoms with Gasteiger partial charge in [0.15, 0.2) is 0 Å². The van der Waals surface area contributed by atoms with Crippen LogP contribution in [0.15, 0.2) is 36.4 Å². The third-order valence-electron chi connectivity index (χ3n) is 5.32. The number of likely N-dealkylation sites (N-methyl/N-ethyl adjacent to an activating group) is 1. The van der Waals surface area contributed by atoms with Crippen molar-refractivity contribution in [2.24, 2.45) is 0 Å². The number of carbonyl (C=O) groups is 1. The molecule has 3 rings (SSSR count). The zero-order valence-electron chi connectivity index (χ0n) is 17.0. The second kappa shape index (κ2) is 8.84. The standard InChI is InChI=1S/C22H28ClN3O2/c1-25(2)20(16-7-9-19-15(12-16)6-5-11-26(19)3)14-24-22(27)18-13-17(23)8-10-21(18)28-4/h7-10,12-13,20H,5-6,11,14H2,1-4H3,(H,24,27). The van der Waals surface area contributed by atoms with Gasteiger partial charge in [0.25, 0.3) is 5.91 Å². The second-order valence-corrected chi connectivity index (χ2v) is 7.88. The number of nitrogens with one attached hydrogen (secondary N) is 1. The number of halogens is 1. The Bertz CT molecular complexity index is 854. The summed E-state index contributed by atoms with van der Waals surface area (Å²) in [4.78, 5) is 17.2. The number of amides is 1. The highest BCUT2D eigenvalue weighted by molar-refractivity contribution is 6.31.